The van der Waals surface area contributed by atoms with E-state index in [-0.39, 0.29) is 30.0 Å². The molecule has 2 saturated heterocycles. The van der Waals surface area contributed by atoms with Crippen molar-refractivity contribution in [3.63, 3.8) is 0 Å². The average molecular weight is 541 g/mol. The van der Waals surface area contributed by atoms with Crippen LogP contribution >= 0.6 is 22.6 Å². The minimum Gasteiger partial charge on any atom is -0.456 e. The molecule has 2 bridgehead atoms. The van der Waals surface area contributed by atoms with Crippen LogP contribution in [0.5, 0.6) is 0 Å². The van der Waals surface area contributed by atoms with E-state index in [2.05, 4.69) is 59.5 Å². The molecule has 2 heterocycles. The highest BCUT2D eigenvalue weighted by Crippen LogP contribution is 2.62. The van der Waals surface area contributed by atoms with Gasteiger partial charge in [0.05, 0.1) is 11.6 Å². The van der Waals surface area contributed by atoms with Crippen molar-refractivity contribution in [1.29, 1.82) is 0 Å². The second-order valence-corrected chi connectivity index (χ2v) is 12.4. The van der Waals surface area contributed by atoms with Crippen molar-refractivity contribution in [2.45, 2.75) is 106 Å². The first-order valence-corrected chi connectivity index (χ1v) is 13.3. The molecular weight excluding hydrogens is 505 g/mol. The molecule has 0 aromatic heterocycles. The standard InChI is InChI=1S/C24H36IN3O3/c1-15(2)13-24-14-19(27-28-26)23(3,31-24)17-10-11-18(25)21(17)22(24)30-20(29)12-9-16-7-5-4-6-8-16/h9,12,15-19,21-22H,4-8,10-11,13-14H2,1-3H3/b12-9+. The molecule has 0 radical (unpaired) electrons. The summed E-state index contributed by atoms with van der Waals surface area (Å²) < 4.78 is 13.6. The quantitative estimate of drug-likeness (QED) is 0.0730. The van der Waals surface area contributed by atoms with E-state index in [1.54, 1.807) is 6.08 Å². The number of carbonyl (C=O) groups is 1. The predicted molar refractivity (Wildman–Crippen MR) is 129 cm³/mol. The highest BCUT2D eigenvalue weighted by Gasteiger charge is 2.70. The van der Waals surface area contributed by atoms with Gasteiger partial charge in [0.2, 0.25) is 0 Å². The number of hydrogen-bond acceptors (Lipinski definition) is 4. The zero-order chi connectivity index (χ0) is 22.2. The topological polar surface area (TPSA) is 84.3 Å². The molecule has 0 N–H and O–H groups in total. The van der Waals surface area contributed by atoms with Crippen LogP contribution in [-0.4, -0.2) is 33.2 Å². The Bertz CT molecular complexity index is 761. The third-order valence-electron chi connectivity index (χ3n) is 8.21. The summed E-state index contributed by atoms with van der Waals surface area (Å²) >= 11 is 2.54. The van der Waals surface area contributed by atoms with Crippen LogP contribution in [0.15, 0.2) is 17.3 Å². The van der Waals surface area contributed by atoms with Crippen molar-refractivity contribution in [3.8, 4) is 0 Å². The second kappa shape index (κ2) is 9.22. The van der Waals surface area contributed by atoms with Gasteiger partial charge in [-0.3, -0.25) is 0 Å². The van der Waals surface area contributed by atoms with Gasteiger partial charge >= 0.3 is 5.97 Å². The molecule has 6 nitrogen and oxygen atoms in total. The maximum absolute atomic E-state index is 13.0. The van der Waals surface area contributed by atoms with E-state index in [0.717, 1.165) is 19.3 Å². The SMILES string of the molecule is CC(C)CC12CC(N=[N+]=[N-])C(C)(O1)C1CCC(I)C1C2OC(=O)/C=C/C1CCCCC1. The largest absolute Gasteiger partial charge is 0.456 e. The van der Waals surface area contributed by atoms with Crippen LogP contribution in [0.25, 0.3) is 10.4 Å². The number of alkyl halides is 1. The van der Waals surface area contributed by atoms with Crippen molar-refractivity contribution in [2.75, 3.05) is 0 Å². The minimum absolute atomic E-state index is 0.216. The van der Waals surface area contributed by atoms with E-state index in [0.29, 0.717) is 22.2 Å². The van der Waals surface area contributed by atoms with Gasteiger partial charge in [0.15, 0.2) is 0 Å². The lowest BCUT2D eigenvalue weighted by atomic mass is 9.72. The van der Waals surface area contributed by atoms with E-state index in [4.69, 9.17) is 9.47 Å². The molecule has 7 heteroatoms. The van der Waals surface area contributed by atoms with E-state index >= 15 is 0 Å². The van der Waals surface area contributed by atoms with Crippen LogP contribution in [0, 0.1) is 23.7 Å². The van der Waals surface area contributed by atoms with Crippen LogP contribution < -0.4 is 0 Å². The predicted octanol–water partition coefficient (Wildman–Crippen LogP) is 6.52. The Morgan fingerprint density at radius 3 is 2.71 bits per heavy atom. The number of ether oxygens (including phenoxy) is 2. The fourth-order valence-electron chi connectivity index (χ4n) is 7.01. The molecule has 0 spiro atoms. The van der Waals surface area contributed by atoms with Crippen LogP contribution in [0.1, 0.15) is 78.6 Å². The number of azide groups is 1. The van der Waals surface area contributed by atoms with E-state index in [1.807, 2.05) is 0 Å². The third kappa shape index (κ3) is 4.39. The summed E-state index contributed by atoms with van der Waals surface area (Å²) in [6, 6.07) is -0.216. The summed E-state index contributed by atoms with van der Waals surface area (Å²) in [6.45, 7) is 6.49. The molecule has 0 aromatic carbocycles. The fraction of sp³-hybridized carbons (Fsp3) is 0.875. The smallest absolute Gasteiger partial charge is 0.330 e. The Morgan fingerprint density at radius 1 is 1.29 bits per heavy atom. The molecule has 2 aliphatic heterocycles. The lowest BCUT2D eigenvalue weighted by Gasteiger charge is -2.52. The van der Waals surface area contributed by atoms with Gasteiger partial charge in [0.1, 0.15) is 11.7 Å². The summed E-state index contributed by atoms with van der Waals surface area (Å²) in [5, 5.41) is 4.19. The summed E-state index contributed by atoms with van der Waals surface area (Å²) in [4.78, 5) is 16.1. The lowest BCUT2D eigenvalue weighted by Crippen LogP contribution is -2.61. The first-order chi connectivity index (χ1) is 14.8. The number of allylic oxidation sites excluding steroid dienone is 1. The molecule has 172 valence electrons. The number of carbonyl (C=O) groups excluding carboxylic acids is 1. The minimum atomic E-state index is -0.578. The Kier molecular flexibility index (Phi) is 6.95. The number of rotatable bonds is 6. The van der Waals surface area contributed by atoms with Gasteiger partial charge in [-0.2, -0.15) is 0 Å². The summed E-state index contributed by atoms with van der Waals surface area (Å²) in [5.74, 6) is 1.12. The highest BCUT2D eigenvalue weighted by atomic mass is 127. The molecular formula is C24H36IN3O3. The van der Waals surface area contributed by atoms with Crippen LogP contribution in [0.4, 0.5) is 0 Å². The molecule has 2 saturated carbocycles. The maximum atomic E-state index is 13.0. The Hall–Kier alpha value is -0.790. The molecule has 2 aliphatic carbocycles. The zero-order valence-corrected chi connectivity index (χ0v) is 21.2. The first-order valence-electron chi connectivity index (χ1n) is 12.1. The number of esters is 1. The van der Waals surface area contributed by atoms with Crippen molar-refractivity contribution < 1.29 is 14.3 Å². The van der Waals surface area contributed by atoms with Crippen molar-refractivity contribution >= 4 is 28.6 Å². The molecule has 31 heavy (non-hydrogen) atoms. The van der Waals surface area contributed by atoms with Gasteiger partial charge in [-0.05, 0) is 68.7 Å². The van der Waals surface area contributed by atoms with Crippen molar-refractivity contribution in [1.82, 2.24) is 0 Å². The molecule has 4 rings (SSSR count). The van der Waals surface area contributed by atoms with Gasteiger partial charge in [0, 0.05) is 20.8 Å². The highest BCUT2D eigenvalue weighted by molar-refractivity contribution is 14.1. The number of hydrogen-bond donors (Lipinski definition) is 0. The van der Waals surface area contributed by atoms with E-state index in [9.17, 15) is 10.3 Å². The Balaban J connectivity index is 1.62. The van der Waals surface area contributed by atoms with Gasteiger partial charge in [-0.1, -0.05) is 66.9 Å². The third-order valence-corrected chi connectivity index (χ3v) is 9.66. The van der Waals surface area contributed by atoms with Crippen LogP contribution in [0.2, 0.25) is 0 Å². The Labute approximate surface area is 199 Å². The normalized spacial score (nSPS) is 42.5. The summed E-state index contributed by atoms with van der Waals surface area (Å²) in [6.07, 6.45) is 13.1. The first kappa shape index (κ1) is 23.4. The van der Waals surface area contributed by atoms with E-state index < -0.39 is 11.2 Å². The fourth-order valence-corrected chi connectivity index (χ4v) is 8.25. The second-order valence-electron chi connectivity index (χ2n) is 10.8. The van der Waals surface area contributed by atoms with Gasteiger partial charge < -0.3 is 9.47 Å². The van der Waals surface area contributed by atoms with Crippen molar-refractivity contribution in [3.05, 3.63) is 22.6 Å². The van der Waals surface area contributed by atoms with Gasteiger partial charge in [-0.25, -0.2) is 4.79 Å². The molecule has 0 aromatic rings. The van der Waals surface area contributed by atoms with Crippen LogP contribution in [-0.2, 0) is 14.3 Å². The lowest BCUT2D eigenvalue weighted by molar-refractivity contribution is -0.244. The molecule has 0 amide bonds. The van der Waals surface area contributed by atoms with Gasteiger partial charge in [0.25, 0.3) is 0 Å². The van der Waals surface area contributed by atoms with Crippen LogP contribution in [0.3, 0.4) is 0 Å². The average Bonchev–Trinajstić information content (AvgIpc) is 3.22. The molecule has 4 fully saturated rings. The van der Waals surface area contributed by atoms with E-state index in [1.165, 1.54) is 32.1 Å². The number of halogens is 1. The summed E-state index contributed by atoms with van der Waals surface area (Å²) in [7, 11) is 0. The maximum Gasteiger partial charge on any atom is 0.330 e. The number of nitrogens with zero attached hydrogens (tertiary/aromatic N) is 3. The number of fused-ring (bicyclic) bond motifs is 4. The van der Waals surface area contributed by atoms with Crippen molar-refractivity contribution in [2.24, 2.45) is 28.8 Å². The Morgan fingerprint density at radius 2 is 2.03 bits per heavy atom. The monoisotopic (exact) mass is 541 g/mol. The molecule has 7 atom stereocenters. The molecule has 4 aliphatic rings. The van der Waals surface area contributed by atoms with Gasteiger partial charge in [-0.15, -0.1) is 0 Å². The zero-order valence-electron chi connectivity index (χ0n) is 19.0. The summed E-state index contributed by atoms with van der Waals surface area (Å²) in [5.41, 5.74) is 8.17. The molecule has 7 unspecified atom stereocenters.